The molecule has 1 N–H and O–H groups in total. The van der Waals surface area contributed by atoms with Gasteiger partial charge in [-0.3, -0.25) is 4.98 Å². The Labute approximate surface area is 111 Å². The van der Waals surface area contributed by atoms with Crippen molar-refractivity contribution < 1.29 is 0 Å². The van der Waals surface area contributed by atoms with Crippen molar-refractivity contribution in [2.75, 3.05) is 11.9 Å². The van der Waals surface area contributed by atoms with E-state index in [-0.39, 0.29) is 0 Å². The standard InChI is InChI=1S/C14H15N5/c1-2-7-16-13-3-4-14-17-10-12(19(14)18-13)11-5-8-15-9-6-11/h3-6,8-10H,2,7H2,1H3,(H,16,18). The Bertz CT molecular complexity index is 675. The van der Waals surface area contributed by atoms with E-state index in [2.05, 4.69) is 27.3 Å². The van der Waals surface area contributed by atoms with Crippen molar-refractivity contribution in [3.8, 4) is 11.3 Å². The molecule has 0 unspecified atom stereocenters. The number of nitrogens with one attached hydrogen (secondary N) is 1. The fraction of sp³-hybridized carbons (Fsp3) is 0.214. The monoisotopic (exact) mass is 253 g/mol. The van der Waals surface area contributed by atoms with Gasteiger partial charge in [-0.2, -0.15) is 0 Å². The maximum Gasteiger partial charge on any atom is 0.154 e. The summed E-state index contributed by atoms with van der Waals surface area (Å²) in [5, 5.41) is 7.85. The Hall–Kier alpha value is -2.43. The Balaban J connectivity index is 2.05. The Morgan fingerprint density at radius 2 is 2.00 bits per heavy atom. The fourth-order valence-electron chi connectivity index (χ4n) is 1.94. The van der Waals surface area contributed by atoms with Crippen molar-refractivity contribution in [1.82, 2.24) is 19.6 Å². The minimum Gasteiger partial charge on any atom is -0.369 e. The highest BCUT2D eigenvalue weighted by Crippen LogP contribution is 2.19. The van der Waals surface area contributed by atoms with Crippen LogP contribution in [0, 0.1) is 0 Å². The second-order valence-corrected chi connectivity index (χ2v) is 4.29. The summed E-state index contributed by atoms with van der Waals surface area (Å²) >= 11 is 0. The van der Waals surface area contributed by atoms with E-state index in [1.54, 1.807) is 12.4 Å². The zero-order valence-corrected chi connectivity index (χ0v) is 10.7. The summed E-state index contributed by atoms with van der Waals surface area (Å²) in [5.41, 5.74) is 2.87. The zero-order valence-electron chi connectivity index (χ0n) is 10.7. The number of fused-ring (bicyclic) bond motifs is 1. The van der Waals surface area contributed by atoms with Gasteiger partial charge in [0.05, 0.1) is 11.9 Å². The molecule has 0 saturated heterocycles. The van der Waals surface area contributed by atoms with Crippen molar-refractivity contribution in [3.05, 3.63) is 42.9 Å². The van der Waals surface area contributed by atoms with Crippen molar-refractivity contribution in [2.24, 2.45) is 0 Å². The molecular weight excluding hydrogens is 238 g/mol. The molecule has 3 aromatic heterocycles. The van der Waals surface area contributed by atoms with Crippen LogP contribution in [0.15, 0.2) is 42.9 Å². The lowest BCUT2D eigenvalue weighted by atomic mass is 10.2. The molecule has 5 nitrogen and oxygen atoms in total. The molecule has 5 heteroatoms. The maximum absolute atomic E-state index is 4.57. The van der Waals surface area contributed by atoms with Crippen LogP contribution in [-0.4, -0.2) is 26.1 Å². The van der Waals surface area contributed by atoms with Crippen LogP contribution in [-0.2, 0) is 0 Å². The Morgan fingerprint density at radius 3 is 2.79 bits per heavy atom. The van der Waals surface area contributed by atoms with Gasteiger partial charge in [0.25, 0.3) is 0 Å². The van der Waals surface area contributed by atoms with E-state index >= 15 is 0 Å². The molecule has 0 aliphatic carbocycles. The molecule has 0 spiro atoms. The van der Waals surface area contributed by atoms with E-state index < -0.39 is 0 Å². The molecule has 0 amide bonds. The third kappa shape index (κ3) is 2.27. The van der Waals surface area contributed by atoms with Gasteiger partial charge in [-0.25, -0.2) is 9.50 Å². The fourth-order valence-corrected chi connectivity index (χ4v) is 1.94. The predicted molar refractivity (Wildman–Crippen MR) is 75.0 cm³/mol. The zero-order chi connectivity index (χ0) is 13.1. The number of rotatable bonds is 4. The number of imidazole rings is 1. The van der Waals surface area contributed by atoms with Gasteiger partial charge in [0.2, 0.25) is 0 Å². The van der Waals surface area contributed by atoms with Crippen molar-refractivity contribution in [3.63, 3.8) is 0 Å². The summed E-state index contributed by atoms with van der Waals surface area (Å²) in [7, 11) is 0. The topological polar surface area (TPSA) is 55.1 Å². The van der Waals surface area contributed by atoms with E-state index in [1.165, 1.54) is 0 Å². The molecule has 0 atom stereocenters. The largest absolute Gasteiger partial charge is 0.369 e. The van der Waals surface area contributed by atoms with Crippen LogP contribution < -0.4 is 5.32 Å². The Morgan fingerprint density at radius 1 is 1.16 bits per heavy atom. The molecule has 0 radical (unpaired) electrons. The van der Waals surface area contributed by atoms with Gasteiger partial charge in [-0.1, -0.05) is 6.92 Å². The molecule has 0 aliphatic rings. The SMILES string of the molecule is CCCNc1ccc2ncc(-c3ccncc3)n2n1. The minimum absolute atomic E-state index is 0.842. The smallest absolute Gasteiger partial charge is 0.154 e. The molecule has 0 aromatic carbocycles. The second-order valence-electron chi connectivity index (χ2n) is 4.29. The molecule has 0 fully saturated rings. The molecule has 0 bridgehead atoms. The number of aromatic nitrogens is 4. The van der Waals surface area contributed by atoms with Gasteiger partial charge in [-0.15, -0.1) is 5.10 Å². The molecule has 3 heterocycles. The number of anilines is 1. The van der Waals surface area contributed by atoms with Crippen LogP contribution in [0.3, 0.4) is 0 Å². The molecule has 3 aromatic rings. The lowest BCUT2D eigenvalue weighted by Crippen LogP contribution is -2.05. The van der Waals surface area contributed by atoms with E-state index in [1.807, 2.05) is 35.0 Å². The van der Waals surface area contributed by atoms with Crippen LogP contribution >= 0.6 is 0 Å². The predicted octanol–water partition coefficient (Wildman–Crippen LogP) is 2.61. The lowest BCUT2D eigenvalue weighted by Gasteiger charge is -2.05. The van der Waals surface area contributed by atoms with E-state index in [9.17, 15) is 0 Å². The van der Waals surface area contributed by atoms with Crippen LogP contribution in [0.4, 0.5) is 5.82 Å². The number of hydrogen-bond donors (Lipinski definition) is 1. The summed E-state index contributed by atoms with van der Waals surface area (Å²) in [4.78, 5) is 8.40. The first kappa shape index (κ1) is 11.6. The number of hydrogen-bond acceptors (Lipinski definition) is 4. The van der Waals surface area contributed by atoms with Gasteiger partial charge in [0.15, 0.2) is 5.65 Å². The Kier molecular flexibility index (Phi) is 3.10. The number of pyridine rings is 1. The third-order valence-corrected chi connectivity index (χ3v) is 2.89. The van der Waals surface area contributed by atoms with Crippen LogP contribution in [0.25, 0.3) is 16.9 Å². The highest BCUT2D eigenvalue weighted by Gasteiger charge is 2.07. The van der Waals surface area contributed by atoms with Crippen LogP contribution in [0.5, 0.6) is 0 Å². The first-order chi connectivity index (χ1) is 9.38. The van der Waals surface area contributed by atoms with Crippen molar-refractivity contribution in [1.29, 1.82) is 0 Å². The third-order valence-electron chi connectivity index (χ3n) is 2.89. The van der Waals surface area contributed by atoms with E-state index in [0.717, 1.165) is 35.7 Å². The summed E-state index contributed by atoms with van der Waals surface area (Å²) in [6.07, 6.45) is 6.45. The summed E-state index contributed by atoms with van der Waals surface area (Å²) in [6.45, 7) is 3.04. The number of nitrogens with zero attached hydrogens (tertiary/aromatic N) is 4. The molecule has 0 aliphatic heterocycles. The highest BCUT2D eigenvalue weighted by atomic mass is 15.3. The summed E-state index contributed by atoms with van der Waals surface area (Å²) in [5.74, 6) is 0.864. The molecule has 96 valence electrons. The van der Waals surface area contributed by atoms with Gasteiger partial charge >= 0.3 is 0 Å². The van der Waals surface area contributed by atoms with Crippen molar-refractivity contribution in [2.45, 2.75) is 13.3 Å². The summed E-state index contributed by atoms with van der Waals surface area (Å²) in [6, 6.07) is 7.83. The maximum atomic E-state index is 4.57. The molecule has 19 heavy (non-hydrogen) atoms. The average molecular weight is 253 g/mol. The van der Waals surface area contributed by atoms with Gasteiger partial charge in [-0.05, 0) is 30.7 Å². The van der Waals surface area contributed by atoms with Crippen LogP contribution in [0.1, 0.15) is 13.3 Å². The average Bonchev–Trinajstić information content (AvgIpc) is 2.89. The first-order valence-corrected chi connectivity index (χ1v) is 6.37. The highest BCUT2D eigenvalue weighted by molar-refractivity contribution is 5.62. The molecular formula is C14H15N5. The molecule has 0 saturated carbocycles. The normalized spacial score (nSPS) is 10.8. The van der Waals surface area contributed by atoms with Gasteiger partial charge < -0.3 is 5.32 Å². The van der Waals surface area contributed by atoms with Gasteiger partial charge in [0.1, 0.15) is 5.82 Å². The molecule has 3 rings (SSSR count). The quantitative estimate of drug-likeness (QED) is 0.776. The first-order valence-electron chi connectivity index (χ1n) is 6.37. The van der Waals surface area contributed by atoms with Crippen molar-refractivity contribution >= 4 is 11.5 Å². The minimum atomic E-state index is 0.842. The summed E-state index contributed by atoms with van der Waals surface area (Å²) < 4.78 is 1.85. The van der Waals surface area contributed by atoms with E-state index in [4.69, 9.17) is 0 Å². The van der Waals surface area contributed by atoms with E-state index in [0.29, 0.717) is 0 Å². The van der Waals surface area contributed by atoms with Gasteiger partial charge in [0, 0.05) is 24.5 Å². The lowest BCUT2D eigenvalue weighted by molar-refractivity contribution is 0.910. The second kappa shape index (κ2) is 5.06. The van der Waals surface area contributed by atoms with Crippen LogP contribution in [0.2, 0.25) is 0 Å².